The smallest absolute Gasteiger partial charge is 0.238 e. The van der Waals surface area contributed by atoms with Gasteiger partial charge >= 0.3 is 0 Å². The standard InChI is InChI=1S/C18H23ClN2O4S.ClH/c1-3-25-18-14(10-15(19)11-17(18)24-2)12-21-9-8-13-4-6-16(7-5-13)26(20,22)23;/h4-7,10-11,21H,3,8-9,12H2,1-2H3,(H2,20,22,23);1H. The number of sulfonamides is 1. The highest BCUT2D eigenvalue weighted by molar-refractivity contribution is 7.89. The van der Waals surface area contributed by atoms with Gasteiger partial charge in [0, 0.05) is 23.2 Å². The summed E-state index contributed by atoms with van der Waals surface area (Å²) in [5, 5.41) is 9.01. The van der Waals surface area contributed by atoms with Crippen molar-refractivity contribution < 1.29 is 17.9 Å². The Balaban J connectivity index is 0.00000364. The third-order valence-electron chi connectivity index (χ3n) is 3.76. The summed E-state index contributed by atoms with van der Waals surface area (Å²) in [5.74, 6) is 1.29. The first kappa shape index (κ1) is 23.5. The fourth-order valence-electron chi connectivity index (χ4n) is 2.52. The molecular formula is C18H24Cl2N2O4S. The Morgan fingerprint density at radius 3 is 2.41 bits per heavy atom. The molecule has 0 atom stereocenters. The molecule has 0 aliphatic carbocycles. The van der Waals surface area contributed by atoms with Gasteiger partial charge in [-0.05, 0) is 43.7 Å². The Bertz CT molecular complexity index is 843. The predicted octanol–water partition coefficient (Wildman–Crippen LogP) is 3.15. The number of primary sulfonamides is 1. The van der Waals surface area contributed by atoms with Crippen LogP contribution in [-0.4, -0.2) is 28.7 Å². The maximum atomic E-state index is 11.3. The molecule has 0 bridgehead atoms. The summed E-state index contributed by atoms with van der Waals surface area (Å²) >= 11 is 6.14. The maximum Gasteiger partial charge on any atom is 0.238 e. The molecule has 0 unspecified atom stereocenters. The summed E-state index contributed by atoms with van der Waals surface area (Å²) in [7, 11) is -2.08. The number of nitrogens with one attached hydrogen (secondary N) is 1. The lowest BCUT2D eigenvalue weighted by molar-refractivity contribution is 0.307. The zero-order valence-corrected chi connectivity index (χ0v) is 17.6. The minimum atomic E-state index is -3.66. The van der Waals surface area contributed by atoms with E-state index in [1.807, 2.05) is 13.0 Å². The van der Waals surface area contributed by atoms with Crippen molar-refractivity contribution in [2.75, 3.05) is 20.3 Å². The van der Waals surface area contributed by atoms with E-state index in [1.54, 1.807) is 25.3 Å². The molecule has 27 heavy (non-hydrogen) atoms. The molecule has 0 aliphatic heterocycles. The second kappa shape index (κ2) is 10.7. The van der Waals surface area contributed by atoms with Crippen molar-refractivity contribution in [3.63, 3.8) is 0 Å². The fraction of sp³-hybridized carbons (Fsp3) is 0.333. The quantitative estimate of drug-likeness (QED) is 0.591. The predicted molar refractivity (Wildman–Crippen MR) is 110 cm³/mol. The molecule has 0 saturated heterocycles. The number of hydrogen-bond acceptors (Lipinski definition) is 5. The van der Waals surface area contributed by atoms with Crippen LogP contribution in [0.1, 0.15) is 18.1 Å². The van der Waals surface area contributed by atoms with Gasteiger partial charge in [0.25, 0.3) is 0 Å². The summed E-state index contributed by atoms with van der Waals surface area (Å²) in [4.78, 5) is 0.113. The average molecular weight is 435 g/mol. The normalized spacial score (nSPS) is 11.0. The van der Waals surface area contributed by atoms with Gasteiger partial charge in [-0.25, -0.2) is 13.6 Å². The molecule has 2 aromatic carbocycles. The topological polar surface area (TPSA) is 90.6 Å². The van der Waals surface area contributed by atoms with E-state index in [1.165, 1.54) is 12.1 Å². The molecule has 0 aromatic heterocycles. The van der Waals surface area contributed by atoms with Crippen molar-refractivity contribution in [1.29, 1.82) is 0 Å². The van der Waals surface area contributed by atoms with Gasteiger partial charge in [-0.3, -0.25) is 0 Å². The molecule has 0 saturated carbocycles. The number of methoxy groups -OCH3 is 1. The average Bonchev–Trinajstić information content (AvgIpc) is 2.60. The zero-order chi connectivity index (χ0) is 19.2. The van der Waals surface area contributed by atoms with Crippen molar-refractivity contribution in [3.8, 4) is 11.5 Å². The van der Waals surface area contributed by atoms with E-state index in [0.717, 1.165) is 17.5 Å². The Morgan fingerprint density at radius 1 is 1.19 bits per heavy atom. The number of hydrogen-bond donors (Lipinski definition) is 2. The van der Waals surface area contributed by atoms with Crippen LogP contribution in [-0.2, 0) is 23.0 Å². The second-order valence-corrected chi connectivity index (χ2v) is 7.64. The van der Waals surface area contributed by atoms with Gasteiger partial charge in [-0.2, -0.15) is 0 Å². The summed E-state index contributed by atoms with van der Waals surface area (Å²) < 4.78 is 33.5. The van der Waals surface area contributed by atoms with Crippen LogP contribution in [0.15, 0.2) is 41.3 Å². The van der Waals surface area contributed by atoms with Gasteiger partial charge in [-0.15, -0.1) is 12.4 Å². The first-order valence-electron chi connectivity index (χ1n) is 8.16. The molecule has 2 rings (SSSR count). The second-order valence-electron chi connectivity index (χ2n) is 5.65. The number of rotatable bonds is 9. The van der Waals surface area contributed by atoms with E-state index < -0.39 is 10.0 Å². The van der Waals surface area contributed by atoms with Crippen molar-refractivity contribution in [1.82, 2.24) is 5.32 Å². The molecule has 150 valence electrons. The largest absolute Gasteiger partial charge is 0.493 e. The highest BCUT2D eigenvalue weighted by Gasteiger charge is 2.12. The van der Waals surface area contributed by atoms with Crippen LogP contribution in [0.4, 0.5) is 0 Å². The monoisotopic (exact) mass is 434 g/mol. The molecule has 2 aromatic rings. The van der Waals surface area contributed by atoms with Gasteiger partial charge in [0.2, 0.25) is 10.0 Å². The molecule has 0 heterocycles. The van der Waals surface area contributed by atoms with Gasteiger partial charge < -0.3 is 14.8 Å². The highest BCUT2D eigenvalue weighted by atomic mass is 35.5. The fourth-order valence-corrected chi connectivity index (χ4v) is 3.26. The summed E-state index contributed by atoms with van der Waals surface area (Å²) in [6, 6.07) is 10.1. The van der Waals surface area contributed by atoms with Gasteiger partial charge in [-0.1, -0.05) is 23.7 Å². The molecule has 9 heteroatoms. The molecule has 0 aliphatic rings. The number of benzene rings is 2. The lowest BCUT2D eigenvalue weighted by Gasteiger charge is -2.15. The van der Waals surface area contributed by atoms with E-state index in [4.69, 9.17) is 26.2 Å². The van der Waals surface area contributed by atoms with Gasteiger partial charge in [0.15, 0.2) is 11.5 Å². The molecule has 3 N–H and O–H groups in total. The number of ether oxygens (including phenoxy) is 2. The van der Waals surface area contributed by atoms with Gasteiger partial charge in [0.05, 0.1) is 18.6 Å². The SMILES string of the molecule is CCOc1c(CNCCc2ccc(S(N)(=O)=O)cc2)cc(Cl)cc1OC.Cl. The van der Waals surface area contributed by atoms with Crippen LogP contribution >= 0.6 is 24.0 Å². The van der Waals surface area contributed by atoms with E-state index in [2.05, 4.69) is 5.32 Å². The molecule has 0 amide bonds. The summed E-state index contributed by atoms with van der Waals surface area (Å²) in [6.07, 6.45) is 0.743. The highest BCUT2D eigenvalue weighted by Crippen LogP contribution is 2.34. The Kier molecular flexibility index (Phi) is 9.35. The zero-order valence-electron chi connectivity index (χ0n) is 15.2. The van der Waals surface area contributed by atoms with Crippen LogP contribution in [0.25, 0.3) is 0 Å². The molecule has 0 spiro atoms. The maximum absolute atomic E-state index is 11.3. The van der Waals surface area contributed by atoms with E-state index >= 15 is 0 Å². The number of halogens is 2. The Labute approximate surface area is 171 Å². The molecule has 0 radical (unpaired) electrons. The van der Waals surface area contributed by atoms with Gasteiger partial charge in [0.1, 0.15) is 0 Å². The minimum Gasteiger partial charge on any atom is -0.493 e. The molecular weight excluding hydrogens is 411 g/mol. The van der Waals surface area contributed by atoms with Crippen molar-refractivity contribution >= 4 is 34.0 Å². The van der Waals surface area contributed by atoms with Crippen LogP contribution < -0.4 is 19.9 Å². The van der Waals surface area contributed by atoms with E-state index in [0.29, 0.717) is 36.2 Å². The van der Waals surface area contributed by atoms with Crippen molar-refractivity contribution in [2.24, 2.45) is 5.14 Å². The lowest BCUT2D eigenvalue weighted by Crippen LogP contribution is -2.18. The number of nitrogens with two attached hydrogens (primary N) is 1. The Hall–Kier alpha value is -1.51. The first-order chi connectivity index (χ1) is 12.3. The Morgan fingerprint density at radius 2 is 1.85 bits per heavy atom. The molecule has 6 nitrogen and oxygen atoms in total. The summed E-state index contributed by atoms with van der Waals surface area (Å²) in [6.45, 7) is 3.72. The van der Waals surface area contributed by atoms with Crippen molar-refractivity contribution in [2.45, 2.75) is 24.8 Å². The van der Waals surface area contributed by atoms with E-state index in [9.17, 15) is 8.42 Å². The third-order valence-corrected chi connectivity index (χ3v) is 4.91. The van der Waals surface area contributed by atoms with Crippen molar-refractivity contribution in [3.05, 3.63) is 52.5 Å². The first-order valence-corrected chi connectivity index (χ1v) is 10.1. The minimum absolute atomic E-state index is 0. The lowest BCUT2D eigenvalue weighted by atomic mass is 10.1. The van der Waals surface area contributed by atoms with Crippen LogP contribution in [0.3, 0.4) is 0 Å². The summed E-state index contributed by atoms with van der Waals surface area (Å²) in [5.41, 5.74) is 1.93. The van der Waals surface area contributed by atoms with Crippen LogP contribution in [0.2, 0.25) is 5.02 Å². The van der Waals surface area contributed by atoms with Crippen LogP contribution in [0.5, 0.6) is 11.5 Å². The third kappa shape index (κ3) is 6.86. The van der Waals surface area contributed by atoms with Crippen LogP contribution in [0, 0.1) is 0 Å². The molecule has 0 fully saturated rings. The van der Waals surface area contributed by atoms with E-state index in [-0.39, 0.29) is 17.3 Å².